The van der Waals surface area contributed by atoms with Crippen LogP contribution in [0, 0.1) is 12.7 Å². The average Bonchev–Trinajstić information content (AvgIpc) is 2.42. The molecule has 2 aromatic carbocycles. The van der Waals surface area contributed by atoms with Gasteiger partial charge in [0, 0.05) is 22.3 Å². The molecule has 0 saturated carbocycles. The van der Waals surface area contributed by atoms with Gasteiger partial charge >= 0.3 is 0 Å². The average molecular weight is 373 g/mol. The highest BCUT2D eigenvalue weighted by Gasteiger charge is 2.17. The Kier molecular flexibility index (Phi) is 4.65. The Morgan fingerprint density at radius 1 is 1.29 bits per heavy atom. The molecule has 3 N–H and O–H groups in total. The standard InChI is InChI=1S/C14H14BrFN2O2S/c1-9-13(16)6-12(7-14(9)17)21(19,20)18-8-10-3-2-4-11(15)5-10/h2-7,18H,8,17H2,1H3. The highest BCUT2D eigenvalue weighted by atomic mass is 79.9. The van der Waals surface area contributed by atoms with Gasteiger partial charge in [0.15, 0.2) is 0 Å². The maximum atomic E-state index is 13.6. The summed E-state index contributed by atoms with van der Waals surface area (Å²) in [5.74, 6) is -0.641. The lowest BCUT2D eigenvalue weighted by molar-refractivity contribution is 0.576. The summed E-state index contributed by atoms with van der Waals surface area (Å²) in [7, 11) is -3.82. The van der Waals surface area contributed by atoms with Gasteiger partial charge in [0.1, 0.15) is 5.82 Å². The quantitative estimate of drug-likeness (QED) is 0.810. The number of benzene rings is 2. The Bertz CT molecular complexity index is 755. The van der Waals surface area contributed by atoms with E-state index in [-0.39, 0.29) is 22.7 Å². The molecular formula is C14H14BrFN2O2S. The summed E-state index contributed by atoms with van der Waals surface area (Å²) in [5.41, 5.74) is 6.74. The molecule has 0 unspecified atom stereocenters. The first-order chi connectivity index (χ1) is 9.79. The third-order valence-corrected chi connectivity index (χ3v) is 4.90. The molecule has 0 saturated heterocycles. The van der Waals surface area contributed by atoms with Crippen molar-refractivity contribution >= 4 is 31.6 Å². The lowest BCUT2D eigenvalue weighted by atomic mass is 10.2. The van der Waals surface area contributed by atoms with Crippen molar-refractivity contribution in [1.82, 2.24) is 4.72 Å². The van der Waals surface area contributed by atoms with E-state index in [4.69, 9.17) is 5.73 Å². The van der Waals surface area contributed by atoms with E-state index in [1.807, 2.05) is 6.07 Å². The summed E-state index contributed by atoms with van der Waals surface area (Å²) >= 11 is 3.31. The zero-order chi connectivity index (χ0) is 15.6. The normalized spacial score (nSPS) is 11.6. The van der Waals surface area contributed by atoms with Crippen LogP contribution in [0.25, 0.3) is 0 Å². The van der Waals surface area contributed by atoms with Gasteiger partial charge in [-0.05, 0) is 36.8 Å². The molecule has 0 fully saturated rings. The van der Waals surface area contributed by atoms with Crippen molar-refractivity contribution in [3.63, 3.8) is 0 Å². The molecule has 0 aliphatic rings. The number of nitrogen functional groups attached to an aromatic ring is 1. The molecule has 2 rings (SSSR count). The number of hydrogen-bond acceptors (Lipinski definition) is 3. The van der Waals surface area contributed by atoms with Gasteiger partial charge in [-0.3, -0.25) is 0 Å². The first kappa shape index (κ1) is 15.9. The van der Waals surface area contributed by atoms with Crippen LogP contribution in [-0.4, -0.2) is 8.42 Å². The van der Waals surface area contributed by atoms with Crippen molar-refractivity contribution in [2.45, 2.75) is 18.4 Å². The largest absolute Gasteiger partial charge is 0.398 e. The van der Waals surface area contributed by atoms with Crippen LogP contribution >= 0.6 is 15.9 Å². The SMILES string of the molecule is Cc1c(N)cc(S(=O)(=O)NCc2cccc(Br)c2)cc1F. The number of hydrogen-bond donors (Lipinski definition) is 2. The fourth-order valence-electron chi connectivity index (χ4n) is 1.74. The minimum absolute atomic E-state index is 0.108. The van der Waals surface area contributed by atoms with Crippen LogP contribution in [0.3, 0.4) is 0 Å². The predicted octanol–water partition coefficient (Wildman–Crippen LogP) is 2.96. The number of rotatable bonds is 4. The van der Waals surface area contributed by atoms with Gasteiger partial charge in [-0.25, -0.2) is 17.5 Å². The fraction of sp³-hybridized carbons (Fsp3) is 0.143. The van der Waals surface area contributed by atoms with Gasteiger partial charge in [-0.15, -0.1) is 0 Å². The van der Waals surface area contributed by atoms with E-state index in [1.54, 1.807) is 18.2 Å². The molecular weight excluding hydrogens is 359 g/mol. The minimum atomic E-state index is -3.82. The smallest absolute Gasteiger partial charge is 0.241 e. The van der Waals surface area contributed by atoms with Crippen molar-refractivity contribution in [2.24, 2.45) is 0 Å². The molecule has 21 heavy (non-hydrogen) atoms. The second-order valence-corrected chi connectivity index (χ2v) is 7.26. The Morgan fingerprint density at radius 2 is 2.00 bits per heavy atom. The van der Waals surface area contributed by atoms with Gasteiger partial charge in [-0.2, -0.15) is 0 Å². The molecule has 0 amide bonds. The topological polar surface area (TPSA) is 72.2 Å². The Hall–Kier alpha value is -1.44. The van der Waals surface area contributed by atoms with Crippen LogP contribution in [0.15, 0.2) is 45.8 Å². The molecule has 0 aliphatic carbocycles. The first-order valence-electron chi connectivity index (χ1n) is 6.09. The number of nitrogens with two attached hydrogens (primary N) is 1. The second-order valence-electron chi connectivity index (χ2n) is 4.57. The maximum absolute atomic E-state index is 13.6. The summed E-state index contributed by atoms with van der Waals surface area (Å²) in [5, 5.41) is 0. The van der Waals surface area contributed by atoms with Gasteiger partial charge in [-0.1, -0.05) is 28.1 Å². The van der Waals surface area contributed by atoms with Crippen LogP contribution in [0.4, 0.5) is 10.1 Å². The molecule has 0 aromatic heterocycles. The van der Waals surface area contributed by atoms with E-state index < -0.39 is 15.8 Å². The molecule has 0 aliphatic heterocycles. The Labute approximate surface area is 131 Å². The van der Waals surface area contributed by atoms with Crippen LogP contribution in [-0.2, 0) is 16.6 Å². The molecule has 0 spiro atoms. The summed E-state index contributed by atoms with van der Waals surface area (Å²) in [4.78, 5) is -0.182. The zero-order valence-corrected chi connectivity index (χ0v) is 13.6. The molecule has 2 aromatic rings. The van der Waals surface area contributed by atoms with Crippen molar-refractivity contribution in [3.05, 3.63) is 57.8 Å². The van der Waals surface area contributed by atoms with Gasteiger partial charge in [0.25, 0.3) is 0 Å². The molecule has 0 heterocycles. The van der Waals surface area contributed by atoms with Crippen molar-refractivity contribution in [2.75, 3.05) is 5.73 Å². The van der Waals surface area contributed by atoms with Crippen LogP contribution < -0.4 is 10.5 Å². The van der Waals surface area contributed by atoms with Crippen LogP contribution in [0.1, 0.15) is 11.1 Å². The molecule has 4 nitrogen and oxygen atoms in total. The molecule has 0 radical (unpaired) electrons. The highest BCUT2D eigenvalue weighted by Crippen LogP contribution is 2.21. The van der Waals surface area contributed by atoms with E-state index in [0.717, 1.165) is 16.1 Å². The van der Waals surface area contributed by atoms with Gasteiger partial charge in [0.05, 0.1) is 4.90 Å². The molecule has 112 valence electrons. The van der Waals surface area contributed by atoms with E-state index in [0.29, 0.717) is 0 Å². The van der Waals surface area contributed by atoms with Gasteiger partial charge in [0.2, 0.25) is 10.0 Å². The predicted molar refractivity (Wildman–Crippen MR) is 83.7 cm³/mol. The number of sulfonamides is 1. The molecule has 7 heteroatoms. The van der Waals surface area contributed by atoms with E-state index >= 15 is 0 Å². The monoisotopic (exact) mass is 372 g/mol. The lowest BCUT2D eigenvalue weighted by Gasteiger charge is -2.10. The Morgan fingerprint density at radius 3 is 2.62 bits per heavy atom. The Balaban J connectivity index is 2.23. The summed E-state index contributed by atoms with van der Waals surface area (Å²) in [6.45, 7) is 1.60. The summed E-state index contributed by atoms with van der Waals surface area (Å²) in [6, 6.07) is 9.45. The number of nitrogens with one attached hydrogen (secondary N) is 1. The van der Waals surface area contributed by atoms with E-state index in [1.165, 1.54) is 13.0 Å². The fourth-order valence-corrected chi connectivity index (χ4v) is 3.25. The van der Waals surface area contributed by atoms with Crippen molar-refractivity contribution in [1.29, 1.82) is 0 Å². The van der Waals surface area contributed by atoms with Crippen LogP contribution in [0.2, 0.25) is 0 Å². The van der Waals surface area contributed by atoms with Crippen LogP contribution in [0.5, 0.6) is 0 Å². The molecule has 0 bridgehead atoms. The molecule has 0 atom stereocenters. The van der Waals surface area contributed by atoms with Gasteiger partial charge < -0.3 is 5.73 Å². The minimum Gasteiger partial charge on any atom is -0.398 e. The summed E-state index contributed by atoms with van der Waals surface area (Å²) in [6.07, 6.45) is 0. The van der Waals surface area contributed by atoms with Crippen molar-refractivity contribution in [3.8, 4) is 0 Å². The third-order valence-electron chi connectivity index (χ3n) is 3.02. The highest BCUT2D eigenvalue weighted by molar-refractivity contribution is 9.10. The van der Waals surface area contributed by atoms with E-state index in [2.05, 4.69) is 20.7 Å². The number of anilines is 1. The van der Waals surface area contributed by atoms with E-state index in [9.17, 15) is 12.8 Å². The van der Waals surface area contributed by atoms with Crippen molar-refractivity contribution < 1.29 is 12.8 Å². The second kappa shape index (κ2) is 6.13. The summed E-state index contributed by atoms with van der Waals surface area (Å²) < 4.78 is 41.2. The first-order valence-corrected chi connectivity index (χ1v) is 8.37. The zero-order valence-electron chi connectivity index (χ0n) is 11.2. The lowest BCUT2D eigenvalue weighted by Crippen LogP contribution is -2.23. The number of halogens is 2. The maximum Gasteiger partial charge on any atom is 0.241 e. The third kappa shape index (κ3) is 3.81.